The van der Waals surface area contributed by atoms with Gasteiger partial charge in [-0.2, -0.15) is 18.4 Å². The molecule has 5 rings (SSSR count). The van der Waals surface area contributed by atoms with Gasteiger partial charge in [-0.25, -0.2) is 14.1 Å². The lowest BCUT2D eigenvalue weighted by Crippen LogP contribution is -2.26. The van der Waals surface area contributed by atoms with Gasteiger partial charge in [0, 0.05) is 16.5 Å². The summed E-state index contributed by atoms with van der Waals surface area (Å²) in [5, 5.41) is 14.3. The van der Waals surface area contributed by atoms with Crippen LogP contribution >= 0.6 is 0 Å². The second-order valence-electron chi connectivity index (χ2n) is 7.37. The first kappa shape index (κ1) is 21.0. The highest BCUT2D eigenvalue weighted by Gasteiger charge is 2.40. The van der Waals surface area contributed by atoms with Crippen LogP contribution in [0.4, 0.5) is 17.6 Å². The van der Waals surface area contributed by atoms with Crippen LogP contribution in [-0.4, -0.2) is 33.5 Å². The number of nitrogens with one attached hydrogen (secondary N) is 1. The number of nitrogens with zero attached hydrogens (tertiary/aromatic N) is 4. The summed E-state index contributed by atoms with van der Waals surface area (Å²) in [6.07, 6.45) is -6.14. The van der Waals surface area contributed by atoms with Crippen LogP contribution in [0.2, 0.25) is 0 Å². The van der Waals surface area contributed by atoms with E-state index in [0.717, 1.165) is 18.2 Å². The van der Waals surface area contributed by atoms with Gasteiger partial charge in [-0.3, -0.25) is 0 Å². The molecular formula is C22H15F4N5O2. The number of aromatic amines is 1. The predicted molar refractivity (Wildman–Crippen MR) is 108 cm³/mol. The third-order valence-electron chi connectivity index (χ3n) is 5.46. The number of alkyl halides is 3. The zero-order chi connectivity index (χ0) is 23.3. The molecule has 0 bridgehead atoms. The van der Waals surface area contributed by atoms with Crippen LogP contribution in [0.5, 0.6) is 5.75 Å². The van der Waals surface area contributed by atoms with Gasteiger partial charge >= 0.3 is 6.18 Å². The topological polar surface area (TPSA) is 88.8 Å². The summed E-state index contributed by atoms with van der Waals surface area (Å²) < 4.78 is 67.7. The quantitative estimate of drug-likeness (QED) is 0.455. The molecule has 1 N–H and O–H groups in total. The number of aromatic nitrogens is 4. The predicted octanol–water partition coefficient (Wildman–Crippen LogP) is 4.58. The first-order valence-corrected chi connectivity index (χ1v) is 9.84. The number of halogens is 4. The van der Waals surface area contributed by atoms with Crippen molar-refractivity contribution in [2.45, 2.75) is 18.8 Å². The maximum absolute atomic E-state index is 14.6. The number of methoxy groups -OCH3 is 1. The fourth-order valence-corrected chi connectivity index (χ4v) is 4.03. The lowest BCUT2D eigenvalue weighted by Gasteiger charge is -2.25. The second kappa shape index (κ2) is 7.60. The molecule has 1 aliphatic rings. The van der Waals surface area contributed by atoms with Crippen molar-refractivity contribution in [2.75, 3.05) is 13.7 Å². The normalized spacial score (nSPS) is 15.9. The number of H-pyrrole nitrogens is 1. The molecule has 33 heavy (non-hydrogen) atoms. The van der Waals surface area contributed by atoms with E-state index in [4.69, 9.17) is 9.47 Å². The van der Waals surface area contributed by atoms with Crippen LogP contribution in [0, 0.1) is 17.1 Å². The van der Waals surface area contributed by atoms with Crippen molar-refractivity contribution in [1.82, 2.24) is 19.7 Å². The minimum absolute atomic E-state index is 0.0398. The molecule has 0 spiro atoms. The summed E-state index contributed by atoms with van der Waals surface area (Å²) in [5.74, 6) is -0.395. The number of ether oxygens (including phenoxy) is 2. The van der Waals surface area contributed by atoms with Crippen molar-refractivity contribution in [3.05, 3.63) is 64.7 Å². The summed E-state index contributed by atoms with van der Waals surface area (Å²) in [6.45, 7) is 0.287. The SMILES string of the molecule is COc1c(C#N)ccc2[nH]c(-c3nc4n(n3)CCOC4c3c(F)cccc3C(F)(F)F)cc12. The van der Waals surface area contributed by atoms with Crippen LogP contribution in [0.3, 0.4) is 0 Å². The van der Waals surface area contributed by atoms with Gasteiger partial charge < -0.3 is 14.5 Å². The molecule has 2 aromatic carbocycles. The number of hydrogen-bond acceptors (Lipinski definition) is 5. The van der Waals surface area contributed by atoms with Gasteiger partial charge in [0.2, 0.25) is 0 Å². The fraction of sp³-hybridized carbons (Fsp3) is 0.227. The molecular weight excluding hydrogens is 442 g/mol. The van der Waals surface area contributed by atoms with Gasteiger partial charge in [-0.15, -0.1) is 5.10 Å². The third kappa shape index (κ3) is 3.39. The molecule has 1 aliphatic heterocycles. The number of benzene rings is 2. The molecule has 1 unspecified atom stereocenters. The fourth-order valence-electron chi connectivity index (χ4n) is 4.03. The first-order chi connectivity index (χ1) is 15.8. The maximum Gasteiger partial charge on any atom is 0.416 e. The van der Waals surface area contributed by atoms with E-state index in [-0.39, 0.29) is 24.8 Å². The van der Waals surface area contributed by atoms with Gasteiger partial charge in [0.15, 0.2) is 11.6 Å². The van der Waals surface area contributed by atoms with Crippen LogP contribution in [0.1, 0.15) is 28.6 Å². The molecule has 1 atom stereocenters. The van der Waals surface area contributed by atoms with E-state index in [1.54, 1.807) is 18.2 Å². The first-order valence-electron chi connectivity index (χ1n) is 9.84. The number of hydrogen-bond donors (Lipinski definition) is 1. The summed E-state index contributed by atoms with van der Waals surface area (Å²) >= 11 is 0. The van der Waals surface area contributed by atoms with Gasteiger partial charge in [-0.05, 0) is 30.3 Å². The molecule has 0 saturated heterocycles. The Kier molecular flexibility index (Phi) is 4.83. The molecule has 2 aromatic heterocycles. The Morgan fingerprint density at radius 1 is 1.27 bits per heavy atom. The van der Waals surface area contributed by atoms with E-state index < -0.39 is 29.2 Å². The summed E-state index contributed by atoms with van der Waals surface area (Å²) in [5.41, 5.74) is -0.273. The molecule has 0 saturated carbocycles. The van der Waals surface area contributed by atoms with Crippen molar-refractivity contribution in [1.29, 1.82) is 5.26 Å². The van der Waals surface area contributed by atoms with Gasteiger partial charge in [0.05, 0.1) is 37.1 Å². The molecule has 4 aromatic rings. The zero-order valence-corrected chi connectivity index (χ0v) is 17.1. The molecule has 11 heteroatoms. The molecule has 0 fully saturated rings. The van der Waals surface area contributed by atoms with Crippen LogP contribution in [-0.2, 0) is 17.5 Å². The van der Waals surface area contributed by atoms with E-state index in [0.29, 0.717) is 27.9 Å². The Bertz CT molecular complexity index is 1420. The number of rotatable bonds is 3. The standard InChI is InChI=1S/C22H15F4N5O2/c1-32-18-11(10-27)5-6-15-12(18)9-16(28-15)20-29-21-19(33-8-7-31(21)30-20)17-13(22(24,25)26)3-2-4-14(17)23/h2-6,9,19,28H,7-8H2,1H3. The minimum atomic E-state index is -4.77. The van der Waals surface area contributed by atoms with Crippen molar-refractivity contribution < 1.29 is 27.0 Å². The zero-order valence-electron chi connectivity index (χ0n) is 17.1. The molecule has 0 amide bonds. The van der Waals surface area contributed by atoms with E-state index >= 15 is 0 Å². The molecule has 168 valence electrons. The van der Waals surface area contributed by atoms with E-state index in [1.807, 2.05) is 0 Å². The van der Waals surface area contributed by atoms with Crippen molar-refractivity contribution in [3.63, 3.8) is 0 Å². The highest BCUT2D eigenvalue weighted by atomic mass is 19.4. The number of fused-ring (bicyclic) bond motifs is 2. The summed E-state index contributed by atoms with van der Waals surface area (Å²) in [6, 6.07) is 9.84. The van der Waals surface area contributed by atoms with E-state index in [1.165, 1.54) is 11.8 Å². The summed E-state index contributed by atoms with van der Waals surface area (Å²) in [4.78, 5) is 7.52. The highest BCUT2D eigenvalue weighted by Crippen LogP contribution is 2.40. The maximum atomic E-state index is 14.6. The monoisotopic (exact) mass is 457 g/mol. The Labute approximate surface area is 184 Å². The molecule has 0 radical (unpaired) electrons. The lowest BCUT2D eigenvalue weighted by molar-refractivity contribution is -0.139. The average molecular weight is 457 g/mol. The van der Waals surface area contributed by atoms with Gasteiger partial charge in [0.25, 0.3) is 0 Å². The lowest BCUT2D eigenvalue weighted by atomic mass is 10.00. The van der Waals surface area contributed by atoms with Crippen LogP contribution in [0.15, 0.2) is 36.4 Å². The van der Waals surface area contributed by atoms with Crippen molar-refractivity contribution in [3.8, 4) is 23.3 Å². The van der Waals surface area contributed by atoms with E-state index in [2.05, 4.69) is 21.1 Å². The van der Waals surface area contributed by atoms with Gasteiger partial charge in [0.1, 0.15) is 23.7 Å². The molecule has 3 heterocycles. The Balaban J connectivity index is 1.63. The Hall–Kier alpha value is -3.91. The Morgan fingerprint density at radius 3 is 2.82 bits per heavy atom. The molecule has 0 aliphatic carbocycles. The molecule has 7 nitrogen and oxygen atoms in total. The highest BCUT2D eigenvalue weighted by molar-refractivity contribution is 5.92. The van der Waals surface area contributed by atoms with Crippen molar-refractivity contribution >= 4 is 10.9 Å². The van der Waals surface area contributed by atoms with E-state index in [9.17, 15) is 22.8 Å². The van der Waals surface area contributed by atoms with Crippen LogP contribution < -0.4 is 4.74 Å². The van der Waals surface area contributed by atoms with Crippen molar-refractivity contribution in [2.24, 2.45) is 0 Å². The smallest absolute Gasteiger partial charge is 0.416 e. The number of nitriles is 1. The summed E-state index contributed by atoms with van der Waals surface area (Å²) in [7, 11) is 1.45. The Morgan fingerprint density at radius 2 is 2.09 bits per heavy atom. The third-order valence-corrected chi connectivity index (χ3v) is 5.46. The minimum Gasteiger partial charge on any atom is -0.495 e. The average Bonchev–Trinajstić information content (AvgIpc) is 3.41. The largest absolute Gasteiger partial charge is 0.495 e. The van der Waals surface area contributed by atoms with Gasteiger partial charge in [-0.1, -0.05) is 6.07 Å². The second-order valence-corrected chi connectivity index (χ2v) is 7.37. The van der Waals surface area contributed by atoms with Crippen LogP contribution in [0.25, 0.3) is 22.4 Å².